The van der Waals surface area contributed by atoms with Crippen molar-refractivity contribution in [3.05, 3.63) is 0 Å². The maximum Gasteiger partial charge on any atom is 0.325 e. The average Bonchev–Trinajstić information content (AvgIpc) is 2.34. The molecule has 1 unspecified atom stereocenters. The summed E-state index contributed by atoms with van der Waals surface area (Å²) in [5.74, 6) is -1.65. The number of nitrogens with zero attached hydrogens (tertiary/aromatic N) is 1. The molecule has 1 N–H and O–H groups in total. The number of aliphatic hydroxyl groups is 1. The first-order valence-corrected chi connectivity index (χ1v) is 5.50. The molecule has 0 saturated heterocycles. The van der Waals surface area contributed by atoms with Crippen molar-refractivity contribution in [1.82, 2.24) is 4.90 Å². The van der Waals surface area contributed by atoms with Gasteiger partial charge in [0.05, 0.1) is 20.3 Å². The van der Waals surface area contributed by atoms with Crippen LogP contribution in [0.15, 0.2) is 0 Å². The average molecular weight is 261 g/mol. The molecule has 0 saturated carbocycles. The van der Waals surface area contributed by atoms with Crippen molar-refractivity contribution in [1.29, 1.82) is 0 Å². The Kier molecular flexibility index (Phi) is 7.69. The van der Waals surface area contributed by atoms with Crippen molar-refractivity contribution >= 4 is 17.8 Å². The summed E-state index contributed by atoms with van der Waals surface area (Å²) in [5.41, 5.74) is 0. The van der Waals surface area contributed by atoms with Gasteiger partial charge in [0, 0.05) is 6.42 Å². The van der Waals surface area contributed by atoms with Gasteiger partial charge in [-0.2, -0.15) is 0 Å². The normalized spacial score (nSPS) is 11.6. The third kappa shape index (κ3) is 6.85. The summed E-state index contributed by atoms with van der Waals surface area (Å²) in [7, 11) is 2.39. The lowest BCUT2D eigenvalue weighted by Crippen LogP contribution is -2.40. The number of amides is 1. The number of rotatable bonds is 7. The van der Waals surface area contributed by atoms with Gasteiger partial charge in [0.25, 0.3) is 0 Å². The monoisotopic (exact) mass is 261 g/mol. The van der Waals surface area contributed by atoms with Crippen LogP contribution in [0.1, 0.15) is 19.8 Å². The summed E-state index contributed by atoms with van der Waals surface area (Å²) in [6, 6.07) is 0. The van der Waals surface area contributed by atoms with Crippen LogP contribution in [0.4, 0.5) is 0 Å². The van der Waals surface area contributed by atoms with Crippen molar-refractivity contribution in [3.63, 3.8) is 0 Å². The Morgan fingerprint density at radius 2 is 1.56 bits per heavy atom. The second-order valence-electron chi connectivity index (χ2n) is 3.79. The fraction of sp³-hybridized carbons (Fsp3) is 0.727. The van der Waals surface area contributed by atoms with E-state index in [2.05, 4.69) is 9.47 Å². The fourth-order valence-electron chi connectivity index (χ4n) is 1.16. The number of esters is 2. The second kappa shape index (κ2) is 8.46. The number of carbonyl (C=O) groups excluding carboxylic acids is 3. The van der Waals surface area contributed by atoms with Gasteiger partial charge < -0.3 is 19.5 Å². The van der Waals surface area contributed by atoms with E-state index in [1.54, 1.807) is 6.92 Å². The zero-order chi connectivity index (χ0) is 14.1. The predicted octanol–water partition coefficient (Wildman–Crippen LogP) is -0.678. The van der Waals surface area contributed by atoms with Gasteiger partial charge in [-0.05, 0) is 13.3 Å². The molecule has 0 rings (SSSR count). The predicted molar refractivity (Wildman–Crippen MR) is 61.5 cm³/mol. The minimum Gasteiger partial charge on any atom is -0.468 e. The highest BCUT2D eigenvalue weighted by atomic mass is 16.5. The van der Waals surface area contributed by atoms with E-state index < -0.39 is 23.9 Å². The van der Waals surface area contributed by atoms with Crippen molar-refractivity contribution in [3.8, 4) is 0 Å². The molecule has 0 radical (unpaired) electrons. The van der Waals surface area contributed by atoms with Gasteiger partial charge in [-0.3, -0.25) is 14.4 Å². The molecular weight excluding hydrogens is 242 g/mol. The molecule has 104 valence electrons. The summed E-state index contributed by atoms with van der Waals surface area (Å²) < 4.78 is 8.87. The molecule has 0 spiro atoms. The summed E-state index contributed by atoms with van der Waals surface area (Å²) in [4.78, 5) is 35.0. The molecule has 0 aromatic carbocycles. The summed E-state index contributed by atoms with van der Waals surface area (Å²) in [6.07, 6.45) is -0.310. The Morgan fingerprint density at radius 3 is 1.89 bits per heavy atom. The van der Waals surface area contributed by atoms with Crippen LogP contribution in [0.5, 0.6) is 0 Å². The maximum absolute atomic E-state index is 11.7. The Morgan fingerprint density at radius 1 is 1.11 bits per heavy atom. The quantitative estimate of drug-likeness (QED) is 0.610. The lowest BCUT2D eigenvalue weighted by molar-refractivity contribution is -0.152. The molecule has 1 atom stereocenters. The van der Waals surface area contributed by atoms with Gasteiger partial charge in [-0.15, -0.1) is 0 Å². The molecule has 18 heavy (non-hydrogen) atoms. The van der Waals surface area contributed by atoms with E-state index in [0.29, 0.717) is 0 Å². The van der Waals surface area contributed by atoms with Gasteiger partial charge in [-0.25, -0.2) is 0 Å². The van der Waals surface area contributed by atoms with Gasteiger partial charge in [0.2, 0.25) is 5.91 Å². The van der Waals surface area contributed by atoms with E-state index in [4.69, 9.17) is 5.11 Å². The molecule has 1 amide bonds. The van der Waals surface area contributed by atoms with Crippen LogP contribution in [0.25, 0.3) is 0 Å². The standard InChI is InChI=1S/C11H19NO6/c1-8(13)4-5-9(14)12(6-10(15)17-2)7-11(16)18-3/h8,13H,4-7H2,1-3H3. The lowest BCUT2D eigenvalue weighted by Gasteiger charge is -2.20. The SMILES string of the molecule is COC(=O)CN(CC(=O)OC)C(=O)CCC(C)O. The Bertz CT molecular complexity index is 284. The van der Waals surface area contributed by atoms with Crippen LogP contribution in [0.3, 0.4) is 0 Å². The van der Waals surface area contributed by atoms with E-state index in [1.165, 1.54) is 14.2 Å². The first-order valence-electron chi connectivity index (χ1n) is 5.50. The van der Waals surface area contributed by atoms with E-state index >= 15 is 0 Å². The summed E-state index contributed by atoms with van der Waals surface area (Å²) >= 11 is 0. The van der Waals surface area contributed by atoms with Crippen molar-refractivity contribution in [2.45, 2.75) is 25.9 Å². The van der Waals surface area contributed by atoms with Crippen LogP contribution in [0.2, 0.25) is 0 Å². The van der Waals surface area contributed by atoms with E-state index in [1.807, 2.05) is 0 Å². The maximum atomic E-state index is 11.7. The summed E-state index contributed by atoms with van der Waals surface area (Å²) in [6.45, 7) is 0.923. The first-order chi connectivity index (χ1) is 8.40. The third-order valence-corrected chi connectivity index (χ3v) is 2.22. The van der Waals surface area contributed by atoms with Gasteiger partial charge in [-0.1, -0.05) is 0 Å². The van der Waals surface area contributed by atoms with E-state index in [0.717, 1.165) is 4.90 Å². The molecule has 0 aromatic heterocycles. The van der Waals surface area contributed by atoms with Crippen molar-refractivity contribution < 1.29 is 29.0 Å². The van der Waals surface area contributed by atoms with Gasteiger partial charge in [0.1, 0.15) is 13.1 Å². The van der Waals surface area contributed by atoms with Crippen LogP contribution in [0, 0.1) is 0 Å². The fourth-order valence-corrected chi connectivity index (χ4v) is 1.16. The van der Waals surface area contributed by atoms with Crippen LogP contribution >= 0.6 is 0 Å². The second-order valence-corrected chi connectivity index (χ2v) is 3.79. The number of methoxy groups -OCH3 is 2. The number of carbonyl (C=O) groups is 3. The number of ether oxygens (including phenoxy) is 2. The Balaban J connectivity index is 4.48. The zero-order valence-corrected chi connectivity index (χ0v) is 10.8. The van der Waals surface area contributed by atoms with Crippen molar-refractivity contribution in [2.24, 2.45) is 0 Å². The molecule has 0 bridgehead atoms. The number of hydrogen-bond donors (Lipinski definition) is 1. The highest BCUT2D eigenvalue weighted by molar-refractivity contribution is 5.85. The number of aliphatic hydroxyl groups excluding tert-OH is 1. The van der Waals surface area contributed by atoms with E-state index in [-0.39, 0.29) is 25.9 Å². The molecule has 0 aliphatic heterocycles. The largest absolute Gasteiger partial charge is 0.468 e. The molecular formula is C11H19NO6. The van der Waals surface area contributed by atoms with Gasteiger partial charge in [0.15, 0.2) is 0 Å². The minimum absolute atomic E-state index is 0.0473. The Labute approximate surface area is 106 Å². The summed E-state index contributed by atoms with van der Waals surface area (Å²) in [5, 5.41) is 9.09. The highest BCUT2D eigenvalue weighted by Crippen LogP contribution is 2.02. The third-order valence-electron chi connectivity index (χ3n) is 2.22. The lowest BCUT2D eigenvalue weighted by atomic mass is 10.2. The smallest absolute Gasteiger partial charge is 0.325 e. The van der Waals surface area contributed by atoms with Crippen molar-refractivity contribution in [2.75, 3.05) is 27.3 Å². The first kappa shape index (κ1) is 16.4. The molecule has 7 heteroatoms. The molecule has 0 aliphatic rings. The molecule has 7 nitrogen and oxygen atoms in total. The van der Waals surface area contributed by atoms with Crippen LogP contribution < -0.4 is 0 Å². The molecule has 0 fully saturated rings. The molecule has 0 aromatic rings. The minimum atomic E-state index is -0.621. The molecule has 0 heterocycles. The van der Waals surface area contributed by atoms with Crippen LogP contribution in [-0.2, 0) is 23.9 Å². The van der Waals surface area contributed by atoms with E-state index in [9.17, 15) is 14.4 Å². The topological polar surface area (TPSA) is 93.1 Å². The zero-order valence-electron chi connectivity index (χ0n) is 10.8. The number of hydrogen-bond acceptors (Lipinski definition) is 6. The highest BCUT2D eigenvalue weighted by Gasteiger charge is 2.20. The van der Waals surface area contributed by atoms with Gasteiger partial charge >= 0.3 is 11.9 Å². The molecule has 0 aliphatic carbocycles. The Hall–Kier alpha value is -1.63. The van der Waals surface area contributed by atoms with Crippen LogP contribution in [-0.4, -0.2) is 61.3 Å².